The van der Waals surface area contributed by atoms with E-state index in [9.17, 15) is 0 Å². The molecule has 2 nitrogen and oxygen atoms in total. The van der Waals surface area contributed by atoms with Gasteiger partial charge in [-0.05, 0) is 31.5 Å². The van der Waals surface area contributed by atoms with Gasteiger partial charge in [0.25, 0.3) is 0 Å². The van der Waals surface area contributed by atoms with Gasteiger partial charge >= 0.3 is 0 Å². The van der Waals surface area contributed by atoms with Gasteiger partial charge in [-0.2, -0.15) is 0 Å². The number of nitrogens with one attached hydrogen (secondary N) is 1. The number of hydrogen-bond donors (Lipinski definition) is 1. The Kier molecular flexibility index (Phi) is 8.32. The van der Waals surface area contributed by atoms with Crippen molar-refractivity contribution in [3.05, 3.63) is 29.8 Å². The highest BCUT2D eigenvalue weighted by Crippen LogP contribution is 2.15. The lowest BCUT2D eigenvalue weighted by atomic mass is 10.1. The summed E-state index contributed by atoms with van der Waals surface area (Å²) in [4.78, 5) is 0. The van der Waals surface area contributed by atoms with Crippen LogP contribution in [0.1, 0.15) is 44.6 Å². The van der Waals surface area contributed by atoms with Crippen molar-refractivity contribution in [3.8, 4) is 5.75 Å². The Morgan fingerprint density at radius 1 is 1.00 bits per heavy atom. The van der Waals surface area contributed by atoms with Crippen LogP contribution in [-0.2, 0) is 0 Å². The minimum Gasteiger partial charge on any atom is -0.492 e. The fourth-order valence-electron chi connectivity index (χ4n) is 1.93. The van der Waals surface area contributed by atoms with Crippen molar-refractivity contribution in [1.82, 2.24) is 5.32 Å². The molecule has 1 aromatic rings. The average Bonchev–Trinajstić information content (AvgIpc) is 2.39. The summed E-state index contributed by atoms with van der Waals surface area (Å²) in [5.41, 5.74) is 1.21. The zero-order valence-corrected chi connectivity index (χ0v) is 11.9. The van der Waals surface area contributed by atoms with Crippen LogP contribution in [0.15, 0.2) is 24.3 Å². The maximum atomic E-state index is 5.72. The van der Waals surface area contributed by atoms with Crippen LogP contribution in [0.5, 0.6) is 5.75 Å². The molecule has 0 atom stereocenters. The number of ether oxygens (including phenoxy) is 1. The summed E-state index contributed by atoms with van der Waals surface area (Å²) in [6, 6.07) is 8.16. The van der Waals surface area contributed by atoms with Gasteiger partial charge in [0.15, 0.2) is 0 Å². The molecule has 0 aliphatic rings. The maximum absolute atomic E-state index is 5.72. The highest BCUT2D eigenvalue weighted by Gasteiger charge is 1.96. The summed E-state index contributed by atoms with van der Waals surface area (Å²) in [7, 11) is 0. The molecule has 2 heteroatoms. The van der Waals surface area contributed by atoms with Crippen LogP contribution in [-0.4, -0.2) is 19.7 Å². The molecule has 1 N–H and O–H groups in total. The van der Waals surface area contributed by atoms with Gasteiger partial charge in [0, 0.05) is 6.54 Å². The molecule has 1 rings (SSSR count). The van der Waals surface area contributed by atoms with Gasteiger partial charge in [0.05, 0.1) is 0 Å². The molecular weight excluding hydrogens is 222 g/mol. The third-order valence-electron chi connectivity index (χ3n) is 3.09. The molecule has 0 fully saturated rings. The Morgan fingerprint density at radius 3 is 2.56 bits per heavy atom. The van der Waals surface area contributed by atoms with Gasteiger partial charge in [-0.25, -0.2) is 0 Å². The van der Waals surface area contributed by atoms with Gasteiger partial charge in [-0.1, -0.05) is 50.8 Å². The summed E-state index contributed by atoms with van der Waals surface area (Å²) in [6.07, 6.45) is 6.69. The lowest BCUT2D eigenvalue weighted by molar-refractivity contribution is 0.311. The van der Waals surface area contributed by atoms with Gasteiger partial charge in [0.2, 0.25) is 0 Å². The van der Waals surface area contributed by atoms with Gasteiger partial charge < -0.3 is 10.1 Å². The molecule has 0 aliphatic carbocycles. The molecule has 0 radical (unpaired) electrons. The van der Waals surface area contributed by atoms with Crippen molar-refractivity contribution in [2.75, 3.05) is 19.7 Å². The topological polar surface area (TPSA) is 21.3 Å². The predicted octanol–water partition coefficient (Wildman–Crippen LogP) is 3.93. The first kappa shape index (κ1) is 15.0. The fourth-order valence-corrected chi connectivity index (χ4v) is 1.93. The molecule has 0 saturated carbocycles. The zero-order valence-electron chi connectivity index (χ0n) is 11.9. The van der Waals surface area contributed by atoms with E-state index in [0.717, 1.165) is 25.4 Å². The number of benzene rings is 1. The Bertz CT molecular complexity index is 312. The van der Waals surface area contributed by atoms with Crippen molar-refractivity contribution in [1.29, 1.82) is 0 Å². The van der Waals surface area contributed by atoms with Crippen LogP contribution in [0.3, 0.4) is 0 Å². The number of aryl methyl sites for hydroxylation is 1. The summed E-state index contributed by atoms with van der Waals surface area (Å²) in [5.74, 6) is 1.00. The van der Waals surface area contributed by atoms with Crippen molar-refractivity contribution in [2.24, 2.45) is 0 Å². The minimum atomic E-state index is 0.750. The second kappa shape index (κ2) is 9.95. The molecule has 0 aliphatic heterocycles. The minimum absolute atomic E-state index is 0.750. The van der Waals surface area contributed by atoms with Crippen molar-refractivity contribution < 1.29 is 4.74 Å². The number of hydrogen-bond acceptors (Lipinski definition) is 2. The highest BCUT2D eigenvalue weighted by molar-refractivity contribution is 5.31. The van der Waals surface area contributed by atoms with E-state index < -0.39 is 0 Å². The Morgan fingerprint density at radius 2 is 1.78 bits per heavy atom. The molecule has 1 aromatic carbocycles. The van der Waals surface area contributed by atoms with Crippen LogP contribution in [0.2, 0.25) is 0 Å². The Labute approximate surface area is 112 Å². The van der Waals surface area contributed by atoms with Crippen molar-refractivity contribution in [3.63, 3.8) is 0 Å². The first-order chi connectivity index (χ1) is 8.84. The predicted molar refractivity (Wildman–Crippen MR) is 78.3 cm³/mol. The Balaban J connectivity index is 1.94. The van der Waals surface area contributed by atoms with E-state index in [1.54, 1.807) is 0 Å². The maximum Gasteiger partial charge on any atom is 0.122 e. The lowest BCUT2D eigenvalue weighted by Gasteiger charge is -2.09. The quantitative estimate of drug-likeness (QED) is 0.634. The molecule has 0 saturated heterocycles. The highest BCUT2D eigenvalue weighted by atomic mass is 16.5. The van der Waals surface area contributed by atoms with E-state index in [4.69, 9.17) is 4.74 Å². The van der Waals surface area contributed by atoms with E-state index in [0.29, 0.717) is 0 Å². The van der Waals surface area contributed by atoms with Gasteiger partial charge in [-0.3, -0.25) is 0 Å². The van der Waals surface area contributed by atoms with E-state index in [-0.39, 0.29) is 0 Å². The normalized spacial score (nSPS) is 10.6. The molecular formula is C16H27NO. The SMILES string of the molecule is CCCCCCCNCCOc1ccccc1C. The molecule has 0 heterocycles. The number of unbranched alkanes of at least 4 members (excludes halogenated alkanes) is 4. The number of rotatable bonds is 10. The van der Waals surface area contributed by atoms with E-state index in [1.165, 1.54) is 37.7 Å². The first-order valence-corrected chi connectivity index (χ1v) is 7.23. The fraction of sp³-hybridized carbons (Fsp3) is 0.625. The molecule has 0 bridgehead atoms. The van der Waals surface area contributed by atoms with Gasteiger partial charge in [0.1, 0.15) is 12.4 Å². The molecule has 0 unspecified atom stereocenters. The Hall–Kier alpha value is -1.02. The monoisotopic (exact) mass is 249 g/mol. The lowest BCUT2D eigenvalue weighted by Crippen LogP contribution is -2.22. The largest absolute Gasteiger partial charge is 0.492 e. The molecule has 0 spiro atoms. The van der Waals surface area contributed by atoms with Crippen molar-refractivity contribution in [2.45, 2.75) is 46.0 Å². The number of para-hydroxylation sites is 1. The molecule has 102 valence electrons. The summed E-state index contributed by atoms with van der Waals surface area (Å²) in [5, 5.41) is 3.43. The second-order valence-corrected chi connectivity index (χ2v) is 4.78. The van der Waals surface area contributed by atoms with Crippen LogP contribution in [0, 0.1) is 6.92 Å². The smallest absolute Gasteiger partial charge is 0.122 e. The summed E-state index contributed by atoms with van der Waals surface area (Å²) in [6.45, 7) is 7.13. The standard InChI is InChI=1S/C16H27NO/c1-3-4-5-6-9-12-17-13-14-18-16-11-8-7-10-15(16)2/h7-8,10-11,17H,3-6,9,12-14H2,1-2H3. The molecule has 0 aromatic heterocycles. The third kappa shape index (κ3) is 6.65. The molecule has 18 heavy (non-hydrogen) atoms. The van der Waals surface area contributed by atoms with E-state index in [1.807, 2.05) is 18.2 Å². The van der Waals surface area contributed by atoms with Gasteiger partial charge in [-0.15, -0.1) is 0 Å². The third-order valence-corrected chi connectivity index (χ3v) is 3.09. The zero-order chi connectivity index (χ0) is 13.1. The van der Waals surface area contributed by atoms with Crippen LogP contribution in [0.4, 0.5) is 0 Å². The molecule has 0 amide bonds. The summed E-state index contributed by atoms with van der Waals surface area (Å²) < 4.78 is 5.72. The van der Waals surface area contributed by atoms with E-state index in [2.05, 4.69) is 25.2 Å². The first-order valence-electron chi connectivity index (χ1n) is 7.23. The average molecular weight is 249 g/mol. The van der Waals surface area contributed by atoms with E-state index >= 15 is 0 Å². The van der Waals surface area contributed by atoms with Crippen molar-refractivity contribution >= 4 is 0 Å². The summed E-state index contributed by atoms with van der Waals surface area (Å²) >= 11 is 0. The van der Waals surface area contributed by atoms with Crippen LogP contribution >= 0.6 is 0 Å². The van der Waals surface area contributed by atoms with Crippen LogP contribution in [0.25, 0.3) is 0 Å². The second-order valence-electron chi connectivity index (χ2n) is 4.78. The van der Waals surface area contributed by atoms with Crippen LogP contribution < -0.4 is 10.1 Å².